The smallest absolute Gasteiger partial charge is 0.306 e. The van der Waals surface area contributed by atoms with Gasteiger partial charge in [-0.3, -0.25) is 9.59 Å². The molecular weight excluding hydrogens is 380 g/mol. The van der Waals surface area contributed by atoms with Crippen LogP contribution in [0.25, 0.3) is 0 Å². The largest absolute Gasteiger partial charge is 0.462 e. The number of hydrogen-bond donors (Lipinski definition) is 1. The van der Waals surface area contributed by atoms with Gasteiger partial charge in [0.15, 0.2) is 6.10 Å². The Balaban J connectivity index is 1.92. The first-order valence-corrected chi connectivity index (χ1v) is 11.6. The van der Waals surface area contributed by atoms with E-state index in [1.54, 1.807) is 5.57 Å². The summed E-state index contributed by atoms with van der Waals surface area (Å²) in [5, 5.41) is 9.34. The van der Waals surface area contributed by atoms with Crippen LogP contribution in [0, 0.1) is 28.6 Å². The predicted molar refractivity (Wildman–Crippen MR) is 118 cm³/mol. The summed E-state index contributed by atoms with van der Waals surface area (Å²) in [5.74, 6) is 0.736. The van der Waals surface area contributed by atoms with Crippen molar-refractivity contribution in [1.29, 1.82) is 0 Å². The maximum absolute atomic E-state index is 12.3. The molecule has 2 aliphatic carbocycles. The van der Waals surface area contributed by atoms with E-state index in [-0.39, 0.29) is 30.5 Å². The highest BCUT2D eigenvalue weighted by atomic mass is 16.6. The lowest BCUT2D eigenvalue weighted by atomic mass is 9.52. The van der Waals surface area contributed by atoms with Crippen LogP contribution in [0.2, 0.25) is 0 Å². The monoisotopic (exact) mass is 422 g/mol. The molecule has 2 rings (SSSR count). The minimum absolute atomic E-state index is 0.104. The van der Waals surface area contributed by atoms with Crippen molar-refractivity contribution < 1.29 is 24.2 Å². The van der Waals surface area contributed by atoms with Gasteiger partial charge >= 0.3 is 11.9 Å². The molecule has 5 heteroatoms. The second-order valence-corrected chi connectivity index (χ2v) is 10.6. The van der Waals surface area contributed by atoms with E-state index in [0.717, 1.165) is 12.8 Å². The Bertz CT molecular complexity index is 637. The van der Waals surface area contributed by atoms with E-state index in [0.29, 0.717) is 23.7 Å². The number of aliphatic hydroxyl groups excluding tert-OH is 1. The molecule has 0 aromatic carbocycles. The van der Waals surface area contributed by atoms with Gasteiger partial charge < -0.3 is 14.6 Å². The summed E-state index contributed by atoms with van der Waals surface area (Å²) in [7, 11) is 0. The number of hydrogen-bond acceptors (Lipinski definition) is 5. The van der Waals surface area contributed by atoms with Crippen LogP contribution in [0.5, 0.6) is 0 Å². The molecule has 0 aromatic heterocycles. The van der Waals surface area contributed by atoms with E-state index in [1.165, 1.54) is 32.6 Å². The minimum atomic E-state index is -0.792. The number of rotatable bonds is 9. The summed E-state index contributed by atoms with van der Waals surface area (Å²) in [5.41, 5.74) is 2.23. The lowest BCUT2D eigenvalue weighted by Crippen LogP contribution is -2.43. The molecule has 0 bridgehead atoms. The van der Waals surface area contributed by atoms with Crippen LogP contribution in [0.15, 0.2) is 11.6 Å². The Labute approximate surface area is 182 Å². The lowest BCUT2D eigenvalue weighted by molar-refractivity contribution is -0.161. The molecule has 3 unspecified atom stereocenters. The van der Waals surface area contributed by atoms with E-state index in [1.807, 2.05) is 0 Å². The second-order valence-electron chi connectivity index (χ2n) is 10.6. The molecule has 5 atom stereocenters. The summed E-state index contributed by atoms with van der Waals surface area (Å²) in [4.78, 5) is 23.2. The Hall–Kier alpha value is -1.36. The number of esters is 2. The van der Waals surface area contributed by atoms with Gasteiger partial charge in [0.25, 0.3) is 0 Å². The summed E-state index contributed by atoms with van der Waals surface area (Å²) >= 11 is 0. The molecular formula is C25H42O5. The van der Waals surface area contributed by atoms with E-state index in [9.17, 15) is 14.7 Å². The first-order chi connectivity index (χ1) is 14.0. The van der Waals surface area contributed by atoms with Gasteiger partial charge in [-0.05, 0) is 67.1 Å². The molecule has 1 N–H and O–H groups in total. The number of aliphatic hydroxyl groups is 1. The topological polar surface area (TPSA) is 72.8 Å². The molecule has 0 heterocycles. The Morgan fingerprint density at radius 1 is 1.27 bits per heavy atom. The van der Waals surface area contributed by atoms with Gasteiger partial charge in [-0.2, -0.15) is 0 Å². The van der Waals surface area contributed by atoms with Crippen molar-refractivity contribution in [2.75, 3.05) is 13.2 Å². The van der Waals surface area contributed by atoms with Gasteiger partial charge in [0.2, 0.25) is 0 Å². The zero-order valence-corrected chi connectivity index (χ0v) is 19.8. The number of fused-ring (bicyclic) bond motifs is 1. The SMILES string of the molecule is CC(=O)OCC(CO)OC(=O)CC(C)CCC1(C)C2=CCCC(C)(C)[C@H]2CC[C@@H]1C. The van der Waals surface area contributed by atoms with Gasteiger partial charge in [-0.15, -0.1) is 0 Å². The van der Waals surface area contributed by atoms with Crippen molar-refractivity contribution in [3.8, 4) is 0 Å². The first kappa shape index (κ1) is 24.9. The average Bonchev–Trinajstić information content (AvgIpc) is 2.66. The highest BCUT2D eigenvalue weighted by Crippen LogP contribution is 2.58. The molecule has 0 aliphatic heterocycles. The van der Waals surface area contributed by atoms with Crippen molar-refractivity contribution in [1.82, 2.24) is 0 Å². The highest BCUT2D eigenvalue weighted by Gasteiger charge is 2.47. The Morgan fingerprint density at radius 2 is 1.97 bits per heavy atom. The van der Waals surface area contributed by atoms with Gasteiger partial charge in [-0.1, -0.05) is 46.3 Å². The summed E-state index contributed by atoms with van der Waals surface area (Å²) in [6, 6.07) is 0. The van der Waals surface area contributed by atoms with Crippen LogP contribution in [0.4, 0.5) is 0 Å². The van der Waals surface area contributed by atoms with Crippen molar-refractivity contribution in [2.45, 2.75) is 92.6 Å². The molecule has 0 radical (unpaired) electrons. The second kappa shape index (κ2) is 10.3. The van der Waals surface area contributed by atoms with E-state index < -0.39 is 12.1 Å². The predicted octanol–water partition coefficient (Wildman–Crippen LogP) is 5.06. The number of carbonyl (C=O) groups is 2. The van der Waals surface area contributed by atoms with Gasteiger partial charge in [0.1, 0.15) is 6.61 Å². The molecule has 172 valence electrons. The fourth-order valence-electron chi connectivity index (χ4n) is 5.43. The number of allylic oxidation sites excluding steroid dienone is 2. The third-order valence-corrected chi connectivity index (χ3v) is 7.75. The van der Waals surface area contributed by atoms with Crippen LogP contribution >= 0.6 is 0 Å². The minimum Gasteiger partial charge on any atom is -0.462 e. The molecule has 5 nitrogen and oxygen atoms in total. The highest BCUT2D eigenvalue weighted by molar-refractivity contribution is 5.70. The zero-order valence-electron chi connectivity index (χ0n) is 19.8. The molecule has 0 spiro atoms. The lowest BCUT2D eigenvalue weighted by Gasteiger charge is -2.53. The zero-order chi connectivity index (χ0) is 22.5. The van der Waals surface area contributed by atoms with Crippen LogP contribution < -0.4 is 0 Å². The van der Waals surface area contributed by atoms with Crippen LogP contribution in [0.3, 0.4) is 0 Å². The van der Waals surface area contributed by atoms with Crippen LogP contribution in [0.1, 0.15) is 86.5 Å². The van der Waals surface area contributed by atoms with Gasteiger partial charge in [0, 0.05) is 13.3 Å². The molecule has 0 saturated heterocycles. The fourth-order valence-corrected chi connectivity index (χ4v) is 5.43. The Kier molecular flexibility index (Phi) is 8.55. The quantitative estimate of drug-likeness (QED) is 0.415. The third-order valence-electron chi connectivity index (χ3n) is 7.75. The molecule has 0 amide bonds. The van der Waals surface area contributed by atoms with Crippen molar-refractivity contribution in [3.63, 3.8) is 0 Å². The Morgan fingerprint density at radius 3 is 2.60 bits per heavy atom. The first-order valence-electron chi connectivity index (χ1n) is 11.6. The third kappa shape index (κ3) is 6.09. The van der Waals surface area contributed by atoms with Gasteiger partial charge in [0.05, 0.1) is 6.61 Å². The summed E-state index contributed by atoms with van der Waals surface area (Å²) < 4.78 is 10.1. The molecule has 1 fully saturated rings. The summed E-state index contributed by atoms with van der Waals surface area (Å²) in [6.45, 7) is 12.6. The van der Waals surface area contributed by atoms with Crippen molar-refractivity contribution in [3.05, 3.63) is 11.6 Å². The van der Waals surface area contributed by atoms with E-state index >= 15 is 0 Å². The molecule has 1 saturated carbocycles. The molecule has 0 aromatic rings. The standard InChI is InChI=1S/C25H42O5/c1-17(14-23(28)30-20(15-26)16-29-19(3)27)11-13-25(6)18(2)9-10-21-22(25)8-7-12-24(21,4)5/h8,17-18,20-21,26H,7,9-16H2,1-6H3/t17?,18-,20?,21-,25?/m0/s1. The molecule has 30 heavy (non-hydrogen) atoms. The fraction of sp³-hybridized carbons (Fsp3) is 0.840. The van der Waals surface area contributed by atoms with Crippen LogP contribution in [-0.4, -0.2) is 36.4 Å². The van der Waals surface area contributed by atoms with Crippen LogP contribution in [-0.2, 0) is 19.1 Å². The number of carbonyl (C=O) groups excluding carboxylic acids is 2. The van der Waals surface area contributed by atoms with E-state index in [4.69, 9.17) is 9.47 Å². The van der Waals surface area contributed by atoms with Crippen molar-refractivity contribution >= 4 is 11.9 Å². The van der Waals surface area contributed by atoms with E-state index in [2.05, 4.69) is 40.7 Å². The maximum Gasteiger partial charge on any atom is 0.306 e. The number of ether oxygens (including phenoxy) is 2. The maximum atomic E-state index is 12.3. The van der Waals surface area contributed by atoms with Gasteiger partial charge in [-0.25, -0.2) is 0 Å². The molecule has 2 aliphatic rings. The summed E-state index contributed by atoms with van der Waals surface area (Å²) in [6.07, 6.45) is 9.10. The van der Waals surface area contributed by atoms with Crippen molar-refractivity contribution in [2.24, 2.45) is 28.6 Å². The normalized spacial score (nSPS) is 29.9. The average molecular weight is 423 g/mol.